The van der Waals surface area contributed by atoms with E-state index in [9.17, 15) is 4.79 Å². The Kier molecular flexibility index (Phi) is 4.28. The van der Waals surface area contributed by atoms with Crippen molar-refractivity contribution in [2.45, 2.75) is 12.8 Å². The van der Waals surface area contributed by atoms with Gasteiger partial charge in [0, 0.05) is 24.0 Å². The molecule has 0 aromatic heterocycles. The third-order valence-corrected chi connectivity index (χ3v) is 3.92. The van der Waals surface area contributed by atoms with Crippen molar-refractivity contribution < 1.29 is 9.53 Å². The van der Waals surface area contributed by atoms with Gasteiger partial charge in [0.1, 0.15) is 5.75 Å². The second kappa shape index (κ2) is 6.52. The predicted octanol–water partition coefficient (Wildman–Crippen LogP) is 3.09. The van der Waals surface area contributed by atoms with Crippen LogP contribution in [0.5, 0.6) is 5.75 Å². The van der Waals surface area contributed by atoms with Gasteiger partial charge in [0.2, 0.25) is 5.91 Å². The van der Waals surface area contributed by atoms with Crippen LogP contribution in [0, 0.1) is 0 Å². The molecule has 1 aliphatic rings. The van der Waals surface area contributed by atoms with Gasteiger partial charge in [-0.15, -0.1) is 0 Å². The highest BCUT2D eigenvalue weighted by Crippen LogP contribution is 2.26. The van der Waals surface area contributed by atoms with Crippen LogP contribution in [0.15, 0.2) is 48.5 Å². The first kappa shape index (κ1) is 14.4. The molecule has 0 atom stereocenters. The van der Waals surface area contributed by atoms with E-state index in [2.05, 4.69) is 11.4 Å². The molecule has 0 saturated heterocycles. The Morgan fingerprint density at radius 2 is 2.09 bits per heavy atom. The highest BCUT2D eigenvalue weighted by molar-refractivity contribution is 5.97. The fraction of sp³-hybridized carbons (Fsp3) is 0.278. The van der Waals surface area contributed by atoms with E-state index >= 15 is 0 Å². The van der Waals surface area contributed by atoms with E-state index in [1.807, 2.05) is 47.4 Å². The molecule has 0 fully saturated rings. The van der Waals surface area contributed by atoms with Crippen molar-refractivity contribution in [1.29, 1.82) is 0 Å². The quantitative estimate of drug-likeness (QED) is 0.942. The number of carbonyl (C=O) groups is 1. The van der Waals surface area contributed by atoms with Crippen molar-refractivity contribution in [1.82, 2.24) is 0 Å². The fourth-order valence-electron chi connectivity index (χ4n) is 2.80. The van der Waals surface area contributed by atoms with Crippen molar-refractivity contribution in [3.63, 3.8) is 0 Å². The van der Waals surface area contributed by atoms with Gasteiger partial charge in [-0.3, -0.25) is 4.79 Å². The van der Waals surface area contributed by atoms with Gasteiger partial charge in [0.25, 0.3) is 0 Å². The third-order valence-electron chi connectivity index (χ3n) is 3.92. The predicted molar refractivity (Wildman–Crippen MR) is 88.6 cm³/mol. The SMILES string of the molecule is COc1cccc(NCC(=O)N2CCCc3ccccc32)c1. The molecule has 0 spiro atoms. The molecule has 3 rings (SSSR count). The highest BCUT2D eigenvalue weighted by atomic mass is 16.5. The number of rotatable bonds is 4. The van der Waals surface area contributed by atoms with Gasteiger partial charge in [-0.2, -0.15) is 0 Å². The summed E-state index contributed by atoms with van der Waals surface area (Å²) < 4.78 is 5.19. The zero-order valence-electron chi connectivity index (χ0n) is 12.7. The Bertz CT molecular complexity index is 670. The number of amides is 1. The molecule has 2 aromatic carbocycles. The zero-order chi connectivity index (χ0) is 15.4. The zero-order valence-corrected chi connectivity index (χ0v) is 12.7. The fourth-order valence-corrected chi connectivity index (χ4v) is 2.80. The second-order valence-corrected chi connectivity index (χ2v) is 5.36. The van der Waals surface area contributed by atoms with E-state index in [4.69, 9.17) is 4.74 Å². The van der Waals surface area contributed by atoms with Gasteiger partial charge in [0.05, 0.1) is 13.7 Å². The van der Waals surface area contributed by atoms with Gasteiger partial charge >= 0.3 is 0 Å². The number of nitrogens with one attached hydrogen (secondary N) is 1. The summed E-state index contributed by atoms with van der Waals surface area (Å²) in [5.41, 5.74) is 3.19. The summed E-state index contributed by atoms with van der Waals surface area (Å²) in [6.45, 7) is 1.07. The van der Waals surface area contributed by atoms with Crippen LogP contribution in [-0.2, 0) is 11.2 Å². The molecule has 114 valence electrons. The van der Waals surface area contributed by atoms with E-state index in [0.717, 1.165) is 36.5 Å². The van der Waals surface area contributed by atoms with Crippen LogP contribution >= 0.6 is 0 Å². The van der Waals surface area contributed by atoms with Crippen molar-refractivity contribution in [2.75, 3.05) is 30.4 Å². The van der Waals surface area contributed by atoms with Crippen molar-refractivity contribution in [3.8, 4) is 5.75 Å². The van der Waals surface area contributed by atoms with Gasteiger partial charge in [-0.05, 0) is 36.6 Å². The molecule has 22 heavy (non-hydrogen) atoms. The van der Waals surface area contributed by atoms with Crippen LogP contribution in [0.3, 0.4) is 0 Å². The second-order valence-electron chi connectivity index (χ2n) is 5.36. The molecule has 0 saturated carbocycles. The Hall–Kier alpha value is -2.49. The summed E-state index contributed by atoms with van der Waals surface area (Å²) in [5, 5.41) is 3.18. The topological polar surface area (TPSA) is 41.6 Å². The molecular formula is C18H20N2O2. The number of methoxy groups -OCH3 is 1. The Morgan fingerprint density at radius 1 is 1.23 bits per heavy atom. The molecule has 0 radical (unpaired) electrons. The minimum absolute atomic E-state index is 0.0926. The number of hydrogen-bond acceptors (Lipinski definition) is 3. The maximum absolute atomic E-state index is 12.5. The normalized spacial score (nSPS) is 13.4. The molecule has 0 bridgehead atoms. The van der Waals surface area contributed by atoms with Crippen LogP contribution in [0.4, 0.5) is 11.4 Å². The van der Waals surface area contributed by atoms with Gasteiger partial charge in [-0.1, -0.05) is 24.3 Å². The van der Waals surface area contributed by atoms with Gasteiger partial charge < -0.3 is 15.0 Å². The van der Waals surface area contributed by atoms with Crippen molar-refractivity contribution in [2.24, 2.45) is 0 Å². The van der Waals surface area contributed by atoms with Crippen molar-refractivity contribution >= 4 is 17.3 Å². The molecule has 1 N–H and O–H groups in total. The molecule has 1 amide bonds. The van der Waals surface area contributed by atoms with E-state index in [1.165, 1.54) is 5.56 Å². The number of anilines is 2. The minimum Gasteiger partial charge on any atom is -0.497 e. The number of carbonyl (C=O) groups excluding carboxylic acids is 1. The largest absolute Gasteiger partial charge is 0.497 e. The lowest BCUT2D eigenvalue weighted by Gasteiger charge is -2.29. The Balaban J connectivity index is 1.68. The van der Waals surface area contributed by atoms with Gasteiger partial charge in [0.15, 0.2) is 0 Å². The van der Waals surface area contributed by atoms with Crippen LogP contribution in [-0.4, -0.2) is 26.1 Å². The molecule has 2 aromatic rings. The number of ether oxygens (including phenoxy) is 1. The molecule has 0 aliphatic carbocycles. The molecule has 0 unspecified atom stereocenters. The highest BCUT2D eigenvalue weighted by Gasteiger charge is 2.21. The summed E-state index contributed by atoms with van der Waals surface area (Å²) >= 11 is 0. The summed E-state index contributed by atoms with van der Waals surface area (Å²) in [4.78, 5) is 14.4. The van der Waals surface area contributed by atoms with E-state index in [0.29, 0.717) is 0 Å². The lowest BCUT2D eigenvalue weighted by Crippen LogP contribution is -2.39. The van der Waals surface area contributed by atoms with Crippen LogP contribution in [0.2, 0.25) is 0 Å². The molecule has 4 nitrogen and oxygen atoms in total. The first-order chi connectivity index (χ1) is 10.8. The van der Waals surface area contributed by atoms with E-state index in [-0.39, 0.29) is 12.5 Å². The standard InChI is InChI=1S/C18H20N2O2/c1-22-16-9-4-8-15(12-16)19-13-18(21)20-11-5-7-14-6-2-3-10-17(14)20/h2-4,6,8-10,12,19H,5,7,11,13H2,1H3. The number of hydrogen-bond donors (Lipinski definition) is 1. The molecule has 4 heteroatoms. The third kappa shape index (κ3) is 3.06. The summed E-state index contributed by atoms with van der Waals surface area (Å²) in [6.07, 6.45) is 2.06. The summed E-state index contributed by atoms with van der Waals surface area (Å²) in [6, 6.07) is 15.7. The number of fused-ring (bicyclic) bond motifs is 1. The first-order valence-electron chi connectivity index (χ1n) is 7.54. The average molecular weight is 296 g/mol. The number of nitrogens with zero attached hydrogens (tertiary/aromatic N) is 1. The maximum Gasteiger partial charge on any atom is 0.246 e. The minimum atomic E-state index is 0.0926. The Labute approximate surface area is 130 Å². The maximum atomic E-state index is 12.5. The lowest BCUT2D eigenvalue weighted by molar-refractivity contribution is -0.117. The van der Waals surface area contributed by atoms with E-state index in [1.54, 1.807) is 7.11 Å². The van der Waals surface area contributed by atoms with Crippen LogP contribution in [0.25, 0.3) is 0 Å². The molecular weight excluding hydrogens is 276 g/mol. The van der Waals surface area contributed by atoms with Crippen molar-refractivity contribution in [3.05, 3.63) is 54.1 Å². The number of aryl methyl sites for hydroxylation is 1. The van der Waals surface area contributed by atoms with Gasteiger partial charge in [-0.25, -0.2) is 0 Å². The van der Waals surface area contributed by atoms with Crippen LogP contribution in [0.1, 0.15) is 12.0 Å². The number of benzene rings is 2. The summed E-state index contributed by atoms with van der Waals surface area (Å²) in [7, 11) is 1.63. The van der Waals surface area contributed by atoms with Crippen LogP contribution < -0.4 is 15.0 Å². The number of para-hydroxylation sites is 1. The lowest BCUT2D eigenvalue weighted by atomic mass is 10.0. The smallest absolute Gasteiger partial charge is 0.246 e. The molecule has 1 aliphatic heterocycles. The molecule has 1 heterocycles. The Morgan fingerprint density at radius 3 is 2.95 bits per heavy atom. The van der Waals surface area contributed by atoms with E-state index < -0.39 is 0 Å². The first-order valence-corrected chi connectivity index (χ1v) is 7.54. The average Bonchev–Trinajstić information content (AvgIpc) is 2.59. The monoisotopic (exact) mass is 296 g/mol. The summed E-state index contributed by atoms with van der Waals surface area (Å²) in [5.74, 6) is 0.871.